The van der Waals surface area contributed by atoms with Gasteiger partial charge in [-0.3, -0.25) is 0 Å². The van der Waals surface area contributed by atoms with Gasteiger partial charge in [0.15, 0.2) is 31.5 Å². The van der Waals surface area contributed by atoms with Gasteiger partial charge >= 0.3 is 16.2 Å². The second-order valence-electron chi connectivity index (χ2n) is 10.8. The minimum absolute atomic E-state index is 0.266. The molecule has 7 aromatic rings. The molecule has 11 nitrogen and oxygen atoms in total. The third-order valence-corrected chi connectivity index (χ3v) is 11.9. The number of para-hydroxylation sites is 5. The fraction of sp³-hybridized carbons (Fsp3) is 0.0526. The molecule has 1 aromatic heterocycles. The quantitative estimate of drug-likeness (QED) is 0.112. The van der Waals surface area contributed by atoms with E-state index in [1.165, 1.54) is 4.26 Å². The highest BCUT2D eigenvalue weighted by Crippen LogP contribution is 2.47. The van der Waals surface area contributed by atoms with Crippen molar-refractivity contribution < 1.29 is 38.4 Å². The molecular weight excluding hydrogens is 719 g/mol. The van der Waals surface area contributed by atoms with Crippen LogP contribution in [0.4, 0.5) is 0 Å². The van der Waals surface area contributed by atoms with Crippen LogP contribution in [0.3, 0.4) is 0 Å². The zero-order valence-electron chi connectivity index (χ0n) is 27.5. The molecule has 262 valence electrons. The molecule has 2 N–H and O–H groups in total. The molecule has 0 radical (unpaired) electrons. The van der Waals surface area contributed by atoms with E-state index in [1.807, 2.05) is 127 Å². The lowest BCUT2D eigenvalue weighted by Gasteiger charge is -2.22. The summed E-state index contributed by atoms with van der Waals surface area (Å²) in [6.45, 7) is -0.714. The number of rotatable bonds is 14. The number of aliphatic hydroxyl groups is 2. The largest absolute Gasteiger partial charge is 0.453 e. The summed E-state index contributed by atoms with van der Waals surface area (Å²) in [7, 11) is -3.61. The Labute approximate surface area is 303 Å². The Balaban J connectivity index is 1.37. The highest BCUT2D eigenvalue weighted by Gasteiger charge is 2.25. The second-order valence-corrected chi connectivity index (χ2v) is 15.2. The molecule has 1 heterocycles. The van der Waals surface area contributed by atoms with Crippen LogP contribution in [0.2, 0.25) is 0 Å². The smallest absolute Gasteiger partial charge is 0.319 e. The number of hydrogen-bond donors (Lipinski definition) is 2. The minimum Gasteiger partial charge on any atom is -0.453 e. The van der Waals surface area contributed by atoms with Gasteiger partial charge in [0.05, 0.1) is 18.8 Å². The van der Waals surface area contributed by atoms with Gasteiger partial charge in [0.25, 0.3) is 0 Å². The van der Waals surface area contributed by atoms with Crippen molar-refractivity contribution in [1.82, 2.24) is 13.0 Å². The Kier molecular flexibility index (Phi) is 11.4. The van der Waals surface area contributed by atoms with E-state index in [9.17, 15) is 10.2 Å². The van der Waals surface area contributed by atoms with Crippen molar-refractivity contribution in [2.45, 2.75) is 13.2 Å². The van der Waals surface area contributed by atoms with Crippen molar-refractivity contribution in [3.8, 4) is 46.0 Å². The van der Waals surface area contributed by atoms with Crippen molar-refractivity contribution in [3.63, 3.8) is 0 Å². The molecule has 0 aliphatic heterocycles. The summed E-state index contributed by atoms with van der Waals surface area (Å²) in [4.78, 5) is 12.9. The van der Waals surface area contributed by atoms with Gasteiger partial charge < -0.3 is 38.4 Å². The summed E-state index contributed by atoms with van der Waals surface area (Å²) in [5, 5.41) is 21.0. The maximum atomic E-state index is 10.9. The van der Waals surface area contributed by atoms with E-state index in [1.54, 1.807) is 34.6 Å². The number of aliphatic hydroxyl groups excluding tert-OH is 2. The van der Waals surface area contributed by atoms with E-state index in [0.717, 1.165) is 0 Å². The third kappa shape index (κ3) is 8.44. The summed E-state index contributed by atoms with van der Waals surface area (Å²) in [6, 6.07) is 47.6. The summed E-state index contributed by atoms with van der Waals surface area (Å²) >= 11 is 0. The molecule has 0 saturated heterocycles. The van der Waals surface area contributed by atoms with Gasteiger partial charge in [-0.05, 0) is 71.0 Å². The average molecular weight is 752 g/mol. The van der Waals surface area contributed by atoms with E-state index < -0.39 is 22.8 Å². The first-order chi connectivity index (χ1) is 25.7. The monoisotopic (exact) mass is 751 g/mol. The van der Waals surface area contributed by atoms with Crippen LogP contribution in [0.1, 0.15) is 11.1 Å². The lowest BCUT2D eigenvalue weighted by molar-refractivity contribution is 0.222. The Morgan fingerprint density at radius 2 is 1.08 bits per heavy atom. The minimum atomic E-state index is -2.02. The zero-order valence-corrected chi connectivity index (χ0v) is 30.1. The van der Waals surface area contributed by atoms with E-state index in [2.05, 4.69) is 0 Å². The molecule has 0 amide bonds. The molecule has 2 atom stereocenters. The second kappa shape index (κ2) is 17.0. The Hall–Kier alpha value is -5.66. The van der Waals surface area contributed by atoms with E-state index in [0.29, 0.717) is 54.1 Å². The van der Waals surface area contributed by atoms with Crippen LogP contribution in [-0.4, -0.2) is 23.2 Å². The Morgan fingerprint density at radius 1 is 0.519 bits per heavy atom. The predicted molar refractivity (Wildman–Crippen MR) is 201 cm³/mol. The average Bonchev–Trinajstić information content (AvgIpc) is 3.19. The highest BCUT2D eigenvalue weighted by molar-refractivity contribution is 7.56. The van der Waals surface area contributed by atoms with Gasteiger partial charge in [-0.25, -0.2) is 0 Å². The fourth-order valence-corrected chi connectivity index (χ4v) is 9.77. The molecule has 6 aromatic carbocycles. The molecule has 0 spiro atoms. The van der Waals surface area contributed by atoms with Crippen molar-refractivity contribution >= 4 is 24.7 Å². The van der Waals surface area contributed by atoms with E-state index >= 15 is 0 Å². The van der Waals surface area contributed by atoms with Crippen LogP contribution in [-0.2, 0) is 13.2 Å². The number of ether oxygens (including phenoxy) is 2. The topological polar surface area (TPSA) is 119 Å². The Bertz CT molecular complexity index is 2240. The van der Waals surface area contributed by atoms with Crippen LogP contribution < -0.4 is 28.2 Å². The van der Waals surface area contributed by atoms with Crippen molar-refractivity contribution in [2.75, 3.05) is 0 Å². The summed E-state index contributed by atoms with van der Waals surface area (Å²) in [5.74, 6) is 3.57. The number of nitrogens with zero attached hydrogens (tertiary/aromatic N) is 3. The SMILES string of the molecule is OCc1ccccc1On1p(Oc2ccc(Oc3ccccc3)c(Oc3ccccc3)c2CO)npn(Oc2ccccc2)p1Oc1ccccc1. The first-order valence-corrected chi connectivity index (χ1v) is 19.2. The number of aromatic nitrogens is 3. The number of hydrogen-bond acceptors (Lipinski definition) is 9. The normalized spacial score (nSPS) is 11.5. The molecule has 0 saturated carbocycles. The van der Waals surface area contributed by atoms with E-state index in [-0.39, 0.29) is 18.1 Å². The first kappa shape index (κ1) is 34.8. The van der Waals surface area contributed by atoms with Crippen LogP contribution >= 0.6 is 24.7 Å². The molecule has 7 rings (SSSR count). The summed E-state index contributed by atoms with van der Waals surface area (Å²) < 4.78 is 33.8. The van der Waals surface area contributed by atoms with Gasteiger partial charge in [0.2, 0.25) is 0 Å². The molecular formula is C38H32N3O8P3. The standard InChI is InChI=1S/C38H32N3O8P3/c42-27-29-15-13-14-24-35(29)47-41-51(39-50-40(46-32-20-9-3-10-21-32)52(41)48-33-22-11-4-12-23-33)49-36-25-26-37(44-30-16-5-1-6-17-30)38(34(36)28-43)45-31-18-7-2-8-19-31/h1-26,42-43H,27-28H2. The van der Waals surface area contributed by atoms with Crippen LogP contribution in [0.15, 0.2) is 158 Å². The van der Waals surface area contributed by atoms with Crippen LogP contribution in [0.5, 0.6) is 46.0 Å². The molecule has 14 heteroatoms. The fourth-order valence-electron chi connectivity index (χ4n) is 4.80. The number of benzene rings is 6. The molecule has 2 unspecified atom stereocenters. The van der Waals surface area contributed by atoms with Gasteiger partial charge in [0, 0.05) is 5.56 Å². The Morgan fingerprint density at radius 3 is 1.71 bits per heavy atom. The maximum absolute atomic E-state index is 10.9. The molecule has 0 fully saturated rings. The highest BCUT2D eigenvalue weighted by atomic mass is 31.2. The zero-order chi connectivity index (χ0) is 35.5. The van der Waals surface area contributed by atoms with Crippen molar-refractivity contribution in [2.24, 2.45) is 0 Å². The van der Waals surface area contributed by atoms with Gasteiger partial charge in [-0.2, -0.15) is 0 Å². The van der Waals surface area contributed by atoms with Gasteiger partial charge in [-0.15, -0.1) is 4.51 Å². The summed E-state index contributed by atoms with van der Waals surface area (Å²) in [5.41, 5.74) is 0.876. The maximum Gasteiger partial charge on any atom is 0.319 e. The summed E-state index contributed by atoms with van der Waals surface area (Å²) in [6.07, 6.45) is 0. The molecule has 52 heavy (non-hydrogen) atoms. The van der Waals surface area contributed by atoms with E-state index in [4.69, 9.17) is 32.7 Å². The van der Waals surface area contributed by atoms with Gasteiger partial charge in [0.1, 0.15) is 23.0 Å². The molecule has 0 aliphatic rings. The lowest BCUT2D eigenvalue weighted by atomic mass is 10.1. The van der Waals surface area contributed by atoms with Crippen molar-refractivity contribution in [3.05, 3.63) is 169 Å². The molecule has 0 bridgehead atoms. The van der Waals surface area contributed by atoms with Crippen LogP contribution in [0.25, 0.3) is 0 Å². The predicted octanol–water partition coefficient (Wildman–Crippen LogP) is 10.3. The molecule has 0 aliphatic carbocycles. The lowest BCUT2D eigenvalue weighted by Crippen LogP contribution is -2.15. The van der Waals surface area contributed by atoms with Crippen LogP contribution in [0, 0.1) is 0 Å². The first-order valence-electron chi connectivity index (χ1n) is 16.0. The van der Waals surface area contributed by atoms with Gasteiger partial charge in [-0.1, -0.05) is 95.3 Å². The third-order valence-electron chi connectivity index (χ3n) is 7.27. The van der Waals surface area contributed by atoms with Crippen molar-refractivity contribution in [1.29, 1.82) is 0 Å².